The fourth-order valence-electron chi connectivity index (χ4n) is 1.23. The topological polar surface area (TPSA) is 54.7 Å². The molecule has 15 heavy (non-hydrogen) atoms. The second-order valence-electron chi connectivity index (χ2n) is 2.95. The summed E-state index contributed by atoms with van der Waals surface area (Å²) in [6.45, 7) is 0. The van der Waals surface area contributed by atoms with E-state index >= 15 is 0 Å². The predicted molar refractivity (Wildman–Crippen MR) is 58.4 cm³/mol. The van der Waals surface area contributed by atoms with Gasteiger partial charge in [-0.3, -0.25) is 5.10 Å². The molecule has 2 aromatic rings. The number of nitrogens with zero attached hydrogens (tertiary/aromatic N) is 1. The molecule has 0 fully saturated rings. The molecule has 1 aromatic heterocycles. The molecule has 1 heterocycles. The normalized spacial score (nSPS) is 10.6. The molecule has 0 spiro atoms. The van der Waals surface area contributed by atoms with Crippen molar-refractivity contribution >= 4 is 28.9 Å². The molecule has 78 valence electrons. The Kier molecular flexibility index (Phi) is 2.54. The van der Waals surface area contributed by atoms with Crippen LogP contribution >= 0.6 is 23.2 Å². The van der Waals surface area contributed by atoms with E-state index in [0.717, 1.165) is 0 Å². The molecule has 0 saturated carbocycles. The number of hydrogen-bond donors (Lipinski definition) is 2. The lowest BCUT2D eigenvalue weighted by Crippen LogP contribution is -1.89. The largest absolute Gasteiger partial charge is 0.396 e. The molecule has 0 bridgehead atoms. The third kappa shape index (κ3) is 1.78. The van der Waals surface area contributed by atoms with E-state index in [9.17, 15) is 4.39 Å². The molecule has 3 N–H and O–H groups in total. The molecule has 0 atom stereocenters. The van der Waals surface area contributed by atoms with Gasteiger partial charge in [0, 0.05) is 5.56 Å². The maximum Gasteiger partial charge on any atom is 0.142 e. The quantitative estimate of drug-likeness (QED) is 0.759. The Hall–Kier alpha value is -1.26. The Labute approximate surface area is 95.0 Å². The minimum Gasteiger partial charge on any atom is -0.396 e. The van der Waals surface area contributed by atoms with Gasteiger partial charge in [0.15, 0.2) is 0 Å². The van der Waals surface area contributed by atoms with Crippen LogP contribution in [-0.4, -0.2) is 10.2 Å². The van der Waals surface area contributed by atoms with Crippen LogP contribution in [0.15, 0.2) is 18.3 Å². The molecule has 0 aliphatic carbocycles. The SMILES string of the molecule is Nc1cn[nH]c1-c1cc(F)c(Cl)cc1Cl. The number of aromatic amines is 1. The summed E-state index contributed by atoms with van der Waals surface area (Å²) in [5.41, 5.74) is 6.94. The van der Waals surface area contributed by atoms with Crippen molar-refractivity contribution in [2.45, 2.75) is 0 Å². The van der Waals surface area contributed by atoms with E-state index < -0.39 is 5.82 Å². The number of anilines is 1. The van der Waals surface area contributed by atoms with Crippen molar-refractivity contribution in [3.8, 4) is 11.3 Å². The zero-order valence-electron chi connectivity index (χ0n) is 7.39. The lowest BCUT2D eigenvalue weighted by Gasteiger charge is -2.04. The molecule has 2 rings (SSSR count). The van der Waals surface area contributed by atoms with Crippen molar-refractivity contribution in [1.29, 1.82) is 0 Å². The third-order valence-electron chi connectivity index (χ3n) is 1.95. The minimum absolute atomic E-state index is 0.0261. The van der Waals surface area contributed by atoms with Crippen molar-refractivity contribution in [2.24, 2.45) is 0 Å². The van der Waals surface area contributed by atoms with Gasteiger partial charge in [-0.15, -0.1) is 0 Å². The van der Waals surface area contributed by atoms with Crippen LogP contribution in [0.4, 0.5) is 10.1 Å². The summed E-state index contributed by atoms with van der Waals surface area (Å²) in [6.07, 6.45) is 1.43. The number of halogens is 3. The second-order valence-corrected chi connectivity index (χ2v) is 3.76. The first-order valence-corrected chi connectivity index (χ1v) is 4.79. The highest BCUT2D eigenvalue weighted by Crippen LogP contribution is 2.33. The van der Waals surface area contributed by atoms with Gasteiger partial charge >= 0.3 is 0 Å². The molecule has 0 unspecified atom stereocenters. The summed E-state index contributed by atoms with van der Waals surface area (Å²) in [6, 6.07) is 2.54. The number of benzene rings is 1. The van der Waals surface area contributed by atoms with Gasteiger partial charge < -0.3 is 5.73 Å². The second kappa shape index (κ2) is 3.72. The summed E-state index contributed by atoms with van der Waals surface area (Å²) in [5, 5.41) is 6.66. The van der Waals surface area contributed by atoms with E-state index in [0.29, 0.717) is 22.0 Å². The highest BCUT2D eigenvalue weighted by atomic mass is 35.5. The van der Waals surface area contributed by atoms with E-state index in [1.807, 2.05) is 0 Å². The summed E-state index contributed by atoms with van der Waals surface area (Å²) in [5.74, 6) is -0.551. The minimum atomic E-state index is -0.551. The van der Waals surface area contributed by atoms with Crippen LogP contribution < -0.4 is 5.73 Å². The zero-order valence-corrected chi connectivity index (χ0v) is 8.90. The number of H-pyrrole nitrogens is 1. The number of aromatic nitrogens is 2. The number of nitrogens with one attached hydrogen (secondary N) is 1. The molecule has 0 aliphatic rings. The Morgan fingerprint density at radius 1 is 1.27 bits per heavy atom. The molecule has 0 radical (unpaired) electrons. The Balaban J connectivity index is 2.64. The standard InChI is InChI=1S/C9H6Cl2FN3/c10-5-2-6(11)7(12)1-4(5)9-8(13)3-14-15-9/h1-3H,13H2,(H,14,15). The fourth-order valence-corrected chi connectivity index (χ4v) is 1.70. The van der Waals surface area contributed by atoms with Gasteiger partial charge in [0.2, 0.25) is 0 Å². The average Bonchev–Trinajstić information content (AvgIpc) is 2.58. The molecule has 6 heteroatoms. The first-order valence-electron chi connectivity index (χ1n) is 4.03. The number of nitrogen functional groups attached to an aromatic ring is 1. The van der Waals surface area contributed by atoms with Gasteiger partial charge in [-0.2, -0.15) is 5.10 Å². The van der Waals surface area contributed by atoms with Crippen molar-refractivity contribution < 1.29 is 4.39 Å². The summed E-state index contributed by atoms with van der Waals surface area (Å²) in [4.78, 5) is 0. The Morgan fingerprint density at radius 2 is 2.00 bits per heavy atom. The highest BCUT2D eigenvalue weighted by molar-refractivity contribution is 6.36. The molecular weight excluding hydrogens is 240 g/mol. The van der Waals surface area contributed by atoms with Gasteiger partial charge in [-0.05, 0) is 12.1 Å². The van der Waals surface area contributed by atoms with Crippen LogP contribution in [0.2, 0.25) is 10.0 Å². The van der Waals surface area contributed by atoms with Crippen LogP contribution in [0.3, 0.4) is 0 Å². The lowest BCUT2D eigenvalue weighted by atomic mass is 10.1. The van der Waals surface area contributed by atoms with Crippen molar-refractivity contribution in [1.82, 2.24) is 10.2 Å². The number of nitrogens with two attached hydrogens (primary N) is 1. The fraction of sp³-hybridized carbons (Fsp3) is 0. The van der Waals surface area contributed by atoms with Gasteiger partial charge in [-0.25, -0.2) is 4.39 Å². The first kappa shape index (κ1) is 10.3. The lowest BCUT2D eigenvalue weighted by molar-refractivity contribution is 0.628. The molecule has 0 aliphatic heterocycles. The van der Waals surface area contributed by atoms with Crippen LogP contribution in [0, 0.1) is 5.82 Å². The molecule has 0 saturated heterocycles. The molecular formula is C9H6Cl2FN3. The van der Waals surface area contributed by atoms with Gasteiger partial charge in [-0.1, -0.05) is 23.2 Å². The maximum absolute atomic E-state index is 13.2. The smallest absolute Gasteiger partial charge is 0.142 e. The van der Waals surface area contributed by atoms with Crippen molar-refractivity contribution in [2.75, 3.05) is 5.73 Å². The van der Waals surface area contributed by atoms with Crippen LogP contribution in [0.25, 0.3) is 11.3 Å². The van der Waals surface area contributed by atoms with E-state index in [4.69, 9.17) is 28.9 Å². The zero-order chi connectivity index (χ0) is 11.0. The van der Waals surface area contributed by atoms with E-state index in [1.165, 1.54) is 18.3 Å². The maximum atomic E-state index is 13.2. The van der Waals surface area contributed by atoms with Crippen LogP contribution in [0.1, 0.15) is 0 Å². The molecule has 3 nitrogen and oxygen atoms in total. The monoisotopic (exact) mass is 245 g/mol. The Bertz CT molecular complexity index is 510. The van der Waals surface area contributed by atoms with Crippen LogP contribution in [-0.2, 0) is 0 Å². The van der Waals surface area contributed by atoms with E-state index in [2.05, 4.69) is 10.2 Å². The summed E-state index contributed by atoms with van der Waals surface area (Å²) >= 11 is 11.5. The van der Waals surface area contributed by atoms with Crippen molar-refractivity contribution in [3.05, 3.63) is 34.2 Å². The summed E-state index contributed by atoms with van der Waals surface area (Å²) < 4.78 is 13.2. The van der Waals surface area contributed by atoms with E-state index in [1.54, 1.807) is 0 Å². The number of rotatable bonds is 1. The van der Waals surface area contributed by atoms with Gasteiger partial charge in [0.1, 0.15) is 5.82 Å². The first-order chi connectivity index (χ1) is 7.09. The van der Waals surface area contributed by atoms with Crippen LogP contribution in [0.5, 0.6) is 0 Å². The van der Waals surface area contributed by atoms with Crippen molar-refractivity contribution in [3.63, 3.8) is 0 Å². The predicted octanol–water partition coefficient (Wildman–Crippen LogP) is 3.10. The van der Waals surface area contributed by atoms with Gasteiger partial charge in [0.05, 0.1) is 27.6 Å². The average molecular weight is 246 g/mol. The number of hydrogen-bond acceptors (Lipinski definition) is 2. The third-order valence-corrected chi connectivity index (χ3v) is 2.55. The Morgan fingerprint density at radius 3 is 2.60 bits per heavy atom. The highest BCUT2D eigenvalue weighted by Gasteiger charge is 2.12. The van der Waals surface area contributed by atoms with Gasteiger partial charge in [0.25, 0.3) is 0 Å². The van der Waals surface area contributed by atoms with E-state index in [-0.39, 0.29) is 5.02 Å². The molecule has 1 aromatic carbocycles. The summed E-state index contributed by atoms with van der Waals surface area (Å²) in [7, 11) is 0. The molecule has 0 amide bonds.